The van der Waals surface area contributed by atoms with Gasteiger partial charge in [0.2, 0.25) is 5.91 Å². The second-order valence-electron chi connectivity index (χ2n) is 6.23. The van der Waals surface area contributed by atoms with Crippen LogP contribution in [-0.2, 0) is 23.7 Å². The maximum Gasteiger partial charge on any atom is 0.407 e. The van der Waals surface area contributed by atoms with Crippen molar-refractivity contribution in [1.29, 1.82) is 0 Å². The standard InChI is InChI=1S/C17H34N2O6/c1-14(2)13-25-17(21)18-6-8-23-10-12-24-11-9-22-7-5-16(20)19-15(3)4/h14-15H,5-13H2,1-4H3,(H,18,21)(H,19,20). The maximum absolute atomic E-state index is 11.3. The van der Waals surface area contributed by atoms with E-state index in [4.69, 9.17) is 18.9 Å². The first-order valence-electron chi connectivity index (χ1n) is 8.85. The monoisotopic (exact) mass is 362 g/mol. The highest BCUT2D eigenvalue weighted by atomic mass is 16.6. The van der Waals surface area contributed by atoms with Crippen LogP contribution in [0.5, 0.6) is 0 Å². The molecule has 25 heavy (non-hydrogen) atoms. The molecule has 0 radical (unpaired) electrons. The van der Waals surface area contributed by atoms with Crippen LogP contribution in [0.1, 0.15) is 34.1 Å². The van der Waals surface area contributed by atoms with Crippen LogP contribution < -0.4 is 10.6 Å². The van der Waals surface area contributed by atoms with Crippen LogP contribution in [0.3, 0.4) is 0 Å². The zero-order valence-electron chi connectivity index (χ0n) is 16.0. The molecule has 2 amide bonds. The van der Waals surface area contributed by atoms with Crippen molar-refractivity contribution in [1.82, 2.24) is 10.6 Å². The lowest BCUT2D eigenvalue weighted by molar-refractivity contribution is -0.122. The molecule has 148 valence electrons. The van der Waals surface area contributed by atoms with E-state index in [0.29, 0.717) is 65.1 Å². The van der Waals surface area contributed by atoms with Crippen molar-refractivity contribution in [3.05, 3.63) is 0 Å². The van der Waals surface area contributed by atoms with E-state index in [1.54, 1.807) is 0 Å². The molecule has 0 saturated heterocycles. The molecule has 0 saturated carbocycles. The Morgan fingerprint density at radius 2 is 1.40 bits per heavy atom. The SMILES string of the molecule is CC(C)COC(=O)NCCOCCOCCOCCC(=O)NC(C)C. The molecule has 0 aliphatic carbocycles. The number of hydrogen-bond donors (Lipinski definition) is 2. The van der Waals surface area contributed by atoms with Crippen LogP contribution in [-0.4, -0.2) is 70.8 Å². The summed E-state index contributed by atoms with van der Waals surface area (Å²) in [5.41, 5.74) is 0. The Hall–Kier alpha value is -1.38. The normalized spacial score (nSPS) is 11.0. The van der Waals surface area contributed by atoms with Gasteiger partial charge in [0, 0.05) is 19.0 Å². The lowest BCUT2D eigenvalue weighted by atomic mass is 10.2. The number of rotatable bonds is 15. The van der Waals surface area contributed by atoms with Crippen LogP contribution in [0, 0.1) is 5.92 Å². The number of alkyl carbamates (subject to hydrolysis) is 1. The summed E-state index contributed by atoms with van der Waals surface area (Å²) in [6.07, 6.45) is -0.0683. The fourth-order valence-corrected chi connectivity index (χ4v) is 1.62. The van der Waals surface area contributed by atoms with Gasteiger partial charge in [-0.05, 0) is 19.8 Å². The van der Waals surface area contributed by atoms with E-state index in [-0.39, 0.29) is 11.9 Å². The van der Waals surface area contributed by atoms with Crippen LogP contribution in [0.15, 0.2) is 0 Å². The van der Waals surface area contributed by atoms with Gasteiger partial charge >= 0.3 is 6.09 Å². The molecule has 0 atom stereocenters. The Morgan fingerprint density at radius 3 is 1.96 bits per heavy atom. The quantitative estimate of drug-likeness (QED) is 0.427. The number of carbonyl (C=O) groups is 2. The van der Waals surface area contributed by atoms with Gasteiger partial charge in [0.1, 0.15) is 0 Å². The molecule has 8 nitrogen and oxygen atoms in total. The van der Waals surface area contributed by atoms with Gasteiger partial charge in [-0.25, -0.2) is 4.79 Å². The predicted molar refractivity (Wildman–Crippen MR) is 94.5 cm³/mol. The summed E-state index contributed by atoms with van der Waals surface area (Å²) < 4.78 is 20.9. The highest BCUT2D eigenvalue weighted by Gasteiger charge is 2.03. The van der Waals surface area contributed by atoms with Crippen LogP contribution >= 0.6 is 0 Å². The smallest absolute Gasteiger partial charge is 0.407 e. The average Bonchev–Trinajstić information content (AvgIpc) is 2.53. The third kappa shape index (κ3) is 18.8. The Kier molecular flexibility index (Phi) is 15.2. The molecule has 2 N–H and O–H groups in total. The highest BCUT2D eigenvalue weighted by Crippen LogP contribution is 1.92. The number of carbonyl (C=O) groups excluding carboxylic acids is 2. The Bertz CT molecular complexity index is 350. The second-order valence-corrected chi connectivity index (χ2v) is 6.23. The summed E-state index contributed by atoms with van der Waals surface area (Å²) >= 11 is 0. The lowest BCUT2D eigenvalue weighted by Gasteiger charge is -2.10. The molecule has 0 heterocycles. The molecular formula is C17H34N2O6. The molecule has 0 fully saturated rings. The van der Waals surface area contributed by atoms with Crippen LogP contribution in [0.2, 0.25) is 0 Å². The number of nitrogens with one attached hydrogen (secondary N) is 2. The predicted octanol–water partition coefficient (Wildman–Crippen LogP) is 1.33. The van der Waals surface area contributed by atoms with Crippen LogP contribution in [0.4, 0.5) is 4.79 Å². The van der Waals surface area contributed by atoms with E-state index in [0.717, 1.165) is 0 Å². The summed E-state index contributed by atoms with van der Waals surface area (Å²) in [5.74, 6) is 0.311. The van der Waals surface area contributed by atoms with Crippen molar-refractivity contribution in [3.8, 4) is 0 Å². The van der Waals surface area contributed by atoms with Crippen molar-refractivity contribution >= 4 is 12.0 Å². The first-order valence-corrected chi connectivity index (χ1v) is 8.85. The van der Waals surface area contributed by atoms with Gasteiger partial charge in [-0.3, -0.25) is 4.79 Å². The van der Waals surface area contributed by atoms with Crippen molar-refractivity contribution in [3.63, 3.8) is 0 Å². The van der Waals surface area contributed by atoms with E-state index in [1.165, 1.54) is 0 Å². The van der Waals surface area contributed by atoms with Crippen molar-refractivity contribution in [2.75, 3.05) is 52.8 Å². The van der Waals surface area contributed by atoms with Crippen molar-refractivity contribution < 1.29 is 28.5 Å². The molecule has 8 heteroatoms. The fourth-order valence-electron chi connectivity index (χ4n) is 1.62. The summed E-state index contributed by atoms with van der Waals surface area (Å²) in [7, 11) is 0. The van der Waals surface area contributed by atoms with E-state index in [2.05, 4.69) is 10.6 Å². The number of ether oxygens (including phenoxy) is 4. The maximum atomic E-state index is 11.3. The molecule has 0 aromatic rings. The molecule has 0 rings (SSSR count). The minimum absolute atomic E-state index is 0.00832. The summed E-state index contributed by atoms with van der Waals surface area (Å²) in [6.45, 7) is 11.2. The Morgan fingerprint density at radius 1 is 0.840 bits per heavy atom. The molecule has 0 spiro atoms. The Labute approximate surface area is 150 Å². The number of amides is 2. The third-order valence-corrected chi connectivity index (χ3v) is 2.73. The lowest BCUT2D eigenvalue weighted by Crippen LogP contribution is -2.30. The van der Waals surface area contributed by atoms with Gasteiger partial charge in [-0.15, -0.1) is 0 Å². The molecule has 0 aliphatic heterocycles. The summed E-state index contributed by atoms with van der Waals surface area (Å²) in [5, 5.41) is 5.40. The molecule has 0 bridgehead atoms. The molecule has 0 aromatic carbocycles. The third-order valence-electron chi connectivity index (χ3n) is 2.73. The largest absolute Gasteiger partial charge is 0.449 e. The highest BCUT2D eigenvalue weighted by molar-refractivity contribution is 5.76. The second kappa shape index (κ2) is 16.1. The number of hydrogen-bond acceptors (Lipinski definition) is 6. The van der Waals surface area contributed by atoms with Gasteiger partial charge in [-0.2, -0.15) is 0 Å². The molecule has 0 aliphatic rings. The summed E-state index contributed by atoms with van der Waals surface area (Å²) in [6, 6.07) is 0.150. The van der Waals surface area contributed by atoms with Gasteiger partial charge < -0.3 is 29.6 Å². The average molecular weight is 362 g/mol. The fraction of sp³-hybridized carbons (Fsp3) is 0.882. The van der Waals surface area contributed by atoms with Gasteiger partial charge in [-0.1, -0.05) is 13.8 Å². The minimum atomic E-state index is -0.423. The molecule has 0 unspecified atom stereocenters. The van der Waals surface area contributed by atoms with Gasteiger partial charge in [0.05, 0.1) is 46.2 Å². The van der Waals surface area contributed by atoms with E-state index in [9.17, 15) is 9.59 Å². The van der Waals surface area contributed by atoms with Crippen LogP contribution in [0.25, 0.3) is 0 Å². The molecular weight excluding hydrogens is 328 g/mol. The van der Waals surface area contributed by atoms with E-state index >= 15 is 0 Å². The van der Waals surface area contributed by atoms with Gasteiger partial charge in [0.25, 0.3) is 0 Å². The minimum Gasteiger partial charge on any atom is -0.449 e. The summed E-state index contributed by atoms with van der Waals surface area (Å²) in [4.78, 5) is 22.6. The zero-order valence-corrected chi connectivity index (χ0v) is 16.0. The molecule has 0 aromatic heterocycles. The van der Waals surface area contributed by atoms with Crippen molar-refractivity contribution in [2.24, 2.45) is 5.92 Å². The van der Waals surface area contributed by atoms with Crippen molar-refractivity contribution in [2.45, 2.75) is 40.2 Å². The van der Waals surface area contributed by atoms with E-state index in [1.807, 2.05) is 27.7 Å². The zero-order chi connectivity index (χ0) is 18.9. The van der Waals surface area contributed by atoms with Gasteiger partial charge in [0.15, 0.2) is 0 Å². The Balaban J connectivity index is 3.21. The first kappa shape index (κ1) is 23.6. The van der Waals surface area contributed by atoms with E-state index < -0.39 is 6.09 Å². The topological polar surface area (TPSA) is 95.1 Å². The first-order chi connectivity index (χ1) is 11.9.